The van der Waals surface area contributed by atoms with Gasteiger partial charge in [0.05, 0.1) is 11.2 Å². The molecule has 4 nitrogen and oxygen atoms in total. The van der Waals surface area contributed by atoms with Gasteiger partial charge in [-0.05, 0) is 19.5 Å². The predicted molar refractivity (Wildman–Crippen MR) is 74.2 cm³/mol. The van der Waals surface area contributed by atoms with Crippen LogP contribution in [0.4, 0.5) is 0 Å². The molecule has 0 bridgehead atoms. The molecule has 1 aliphatic rings. The van der Waals surface area contributed by atoms with Gasteiger partial charge >= 0.3 is 0 Å². The van der Waals surface area contributed by atoms with Crippen molar-refractivity contribution in [3.8, 4) is 0 Å². The molecule has 1 unspecified atom stereocenters. The van der Waals surface area contributed by atoms with Crippen LogP contribution in [0.1, 0.15) is 18.2 Å². The standard InChI is InChI=1S/C13H17N3O.ClH/c1-14-9-12-13-10-5-2-3-6-11(10)15-16(13)7-4-8-17-12;/h2-3,5-6,12,14H,4,7-9H2,1H3;1H. The van der Waals surface area contributed by atoms with Gasteiger partial charge in [-0.25, -0.2) is 0 Å². The van der Waals surface area contributed by atoms with Crippen molar-refractivity contribution in [3.05, 3.63) is 30.0 Å². The van der Waals surface area contributed by atoms with Crippen LogP contribution in [-0.4, -0.2) is 30.0 Å². The van der Waals surface area contributed by atoms with Crippen molar-refractivity contribution < 1.29 is 4.74 Å². The maximum absolute atomic E-state index is 5.91. The fourth-order valence-corrected chi connectivity index (χ4v) is 2.47. The Kier molecular flexibility index (Phi) is 4.22. The SMILES string of the molecule is CNCC1OCCCn2nc3ccccc3c21.Cl. The molecule has 0 saturated carbocycles. The molecule has 2 aromatic rings. The van der Waals surface area contributed by atoms with Gasteiger partial charge in [-0.3, -0.25) is 4.68 Å². The number of nitrogens with zero attached hydrogens (tertiary/aromatic N) is 2. The van der Waals surface area contributed by atoms with Crippen LogP contribution in [0, 0.1) is 0 Å². The monoisotopic (exact) mass is 267 g/mol. The molecule has 3 rings (SSSR count). The van der Waals surface area contributed by atoms with E-state index in [2.05, 4.69) is 33.3 Å². The van der Waals surface area contributed by atoms with Crippen LogP contribution in [0.25, 0.3) is 10.9 Å². The summed E-state index contributed by atoms with van der Waals surface area (Å²) in [6.45, 7) is 2.59. The van der Waals surface area contributed by atoms with Crippen LogP contribution >= 0.6 is 12.4 Å². The average molecular weight is 268 g/mol. The number of rotatable bonds is 2. The zero-order valence-corrected chi connectivity index (χ0v) is 11.2. The highest BCUT2D eigenvalue weighted by Gasteiger charge is 2.23. The number of nitrogens with one attached hydrogen (secondary N) is 1. The summed E-state index contributed by atoms with van der Waals surface area (Å²) < 4.78 is 8.02. The summed E-state index contributed by atoms with van der Waals surface area (Å²) in [7, 11) is 1.96. The summed E-state index contributed by atoms with van der Waals surface area (Å²) in [6, 6.07) is 8.29. The van der Waals surface area contributed by atoms with Crippen molar-refractivity contribution in [2.45, 2.75) is 19.1 Å². The second kappa shape index (κ2) is 5.69. The molecule has 0 saturated heterocycles. The summed E-state index contributed by atoms with van der Waals surface area (Å²) in [6.07, 6.45) is 1.14. The molecule has 0 aliphatic carbocycles. The van der Waals surface area contributed by atoms with E-state index in [-0.39, 0.29) is 18.5 Å². The number of fused-ring (bicyclic) bond motifs is 3. The second-order valence-corrected chi connectivity index (χ2v) is 4.40. The molecule has 1 aromatic carbocycles. The smallest absolute Gasteiger partial charge is 0.112 e. The molecule has 1 aromatic heterocycles. The van der Waals surface area contributed by atoms with E-state index in [4.69, 9.17) is 4.74 Å². The van der Waals surface area contributed by atoms with Crippen LogP contribution in [0.3, 0.4) is 0 Å². The molecule has 18 heavy (non-hydrogen) atoms. The minimum atomic E-state index is 0. The minimum absolute atomic E-state index is 0. The number of likely N-dealkylation sites (N-methyl/N-ethyl adjacent to an activating group) is 1. The van der Waals surface area contributed by atoms with Crippen molar-refractivity contribution in [1.82, 2.24) is 15.1 Å². The van der Waals surface area contributed by atoms with E-state index in [0.29, 0.717) is 0 Å². The summed E-state index contributed by atoms with van der Waals surface area (Å²) in [5, 5.41) is 9.07. The summed E-state index contributed by atoms with van der Waals surface area (Å²) >= 11 is 0. The largest absolute Gasteiger partial charge is 0.371 e. The molecule has 0 fully saturated rings. The van der Waals surface area contributed by atoms with Crippen molar-refractivity contribution in [1.29, 1.82) is 0 Å². The Balaban J connectivity index is 0.00000120. The number of aryl methyl sites for hydroxylation is 1. The molecule has 1 atom stereocenters. The molecule has 1 N–H and O–H groups in total. The summed E-state index contributed by atoms with van der Waals surface area (Å²) in [5.74, 6) is 0. The normalized spacial score (nSPS) is 19.1. The first-order valence-electron chi connectivity index (χ1n) is 6.12. The third-order valence-electron chi connectivity index (χ3n) is 3.21. The second-order valence-electron chi connectivity index (χ2n) is 4.40. The van der Waals surface area contributed by atoms with Crippen LogP contribution in [0.2, 0.25) is 0 Å². The third kappa shape index (κ3) is 2.23. The molecular formula is C13H18ClN3O. The third-order valence-corrected chi connectivity index (χ3v) is 3.21. The Labute approximate surface area is 113 Å². The van der Waals surface area contributed by atoms with Gasteiger partial charge in [0.25, 0.3) is 0 Å². The topological polar surface area (TPSA) is 39.1 Å². The maximum Gasteiger partial charge on any atom is 0.112 e. The first kappa shape index (κ1) is 13.3. The first-order valence-corrected chi connectivity index (χ1v) is 6.12. The molecule has 5 heteroatoms. The van der Waals surface area contributed by atoms with Gasteiger partial charge in [0.2, 0.25) is 0 Å². The maximum atomic E-state index is 5.91. The fourth-order valence-electron chi connectivity index (χ4n) is 2.47. The van der Waals surface area contributed by atoms with Gasteiger partial charge in [0.1, 0.15) is 6.10 Å². The number of hydrogen-bond donors (Lipinski definition) is 1. The molecule has 0 radical (unpaired) electrons. The van der Waals surface area contributed by atoms with Gasteiger partial charge in [-0.1, -0.05) is 18.2 Å². The van der Waals surface area contributed by atoms with E-state index in [1.807, 2.05) is 13.1 Å². The number of aromatic nitrogens is 2. The average Bonchev–Trinajstić information content (AvgIpc) is 2.60. The Hall–Kier alpha value is -1.10. The summed E-state index contributed by atoms with van der Waals surface area (Å²) in [5.41, 5.74) is 2.28. The van der Waals surface area contributed by atoms with E-state index < -0.39 is 0 Å². The lowest BCUT2D eigenvalue weighted by molar-refractivity contribution is 0.0581. The number of halogens is 1. The van der Waals surface area contributed by atoms with Crippen molar-refractivity contribution >= 4 is 23.3 Å². The lowest BCUT2D eigenvalue weighted by atomic mass is 10.1. The van der Waals surface area contributed by atoms with Crippen LogP contribution in [0.15, 0.2) is 24.3 Å². The highest BCUT2D eigenvalue weighted by atomic mass is 35.5. The summed E-state index contributed by atoms with van der Waals surface area (Å²) in [4.78, 5) is 0. The lowest BCUT2D eigenvalue weighted by Gasteiger charge is -2.15. The predicted octanol–water partition coefficient (Wildman–Crippen LogP) is 2.14. The van der Waals surface area contributed by atoms with Gasteiger partial charge < -0.3 is 10.1 Å². The molecule has 1 aliphatic heterocycles. The number of hydrogen-bond acceptors (Lipinski definition) is 3. The van der Waals surface area contributed by atoms with E-state index in [1.165, 1.54) is 11.1 Å². The van der Waals surface area contributed by atoms with E-state index >= 15 is 0 Å². The molecule has 0 amide bonds. The highest BCUT2D eigenvalue weighted by molar-refractivity contribution is 5.85. The van der Waals surface area contributed by atoms with E-state index in [9.17, 15) is 0 Å². The van der Waals surface area contributed by atoms with Crippen LogP contribution < -0.4 is 5.32 Å². The zero-order chi connectivity index (χ0) is 11.7. The fraction of sp³-hybridized carbons (Fsp3) is 0.462. The van der Waals surface area contributed by atoms with E-state index in [0.717, 1.165) is 31.6 Å². The number of benzene rings is 1. The Morgan fingerprint density at radius 1 is 1.44 bits per heavy atom. The Morgan fingerprint density at radius 2 is 2.28 bits per heavy atom. The molecular weight excluding hydrogens is 250 g/mol. The van der Waals surface area contributed by atoms with Gasteiger partial charge in [0.15, 0.2) is 0 Å². The Bertz CT molecular complexity index is 526. The van der Waals surface area contributed by atoms with Gasteiger partial charge in [-0.15, -0.1) is 12.4 Å². The zero-order valence-electron chi connectivity index (χ0n) is 10.4. The van der Waals surface area contributed by atoms with Gasteiger partial charge in [0, 0.05) is 25.1 Å². The van der Waals surface area contributed by atoms with Crippen LogP contribution in [-0.2, 0) is 11.3 Å². The van der Waals surface area contributed by atoms with Crippen molar-refractivity contribution in [3.63, 3.8) is 0 Å². The van der Waals surface area contributed by atoms with Crippen molar-refractivity contribution in [2.24, 2.45) is 0 Å². The molecule has 98 valence electrons. The molecule has 2 heterocycles. The lowest BCUT2D eigenvalue weighted by Crippen LogP contribution is -2.20. The number of ether oxygens (including phenoxy) is 1. The van der Waals surface area contributed by atoms with Gasteiger partial charge in [-0.2, -0.15) is 5.10 Å². The van der Waals surface area contributed by atoms with Crippen LogP contribution in [0.5, 0.6) is 0 Å². The quantitative estimate of drug-likeness (QED) is 0.906. The van der Waals surface area contributed by atoms with Crippen molar-refractivity contribution in [2.75, 3.05) is 20.2 Å². The first-order chi connectivity index (χ1) is 8.40. The molecule has 0 spiro atoms. The Morgan fingerprint density at radius 3 is 3.11 bits per heavy atom. The minimum Gasteiger partial charge on any atom is -0.371 e. The van der Waals surface area contributed by atoms with E-state index in [1.54, 1.807) is 0 Å². The highest BCUT2D eigenvalue weighted by Crippen LogP contribution is 2.28.